The van der Waals surface area contributed by atoms with E-state index >= 15 is 0 Å². The van der Waals surface area contributed by atoms with Gasteiger partial charge in [0.1, 0.15) is 5.75 Å². The van der Waals surface area contributed by atoms with Gasteiger partial charge in [0.25, 0.3) is 0 Å². The Balaban J connectivity index is 2.24. The van der Waals surface area contributed by atoms with Gasteiger partial charge < -0.3 is 10.1 Å². The number of sulfonamides is 1. The van der Waals surface area contributed by atoms with Crippen LogP contribution in [0.1, 0.15) is 19.4 Å². The minimum absolute atomic E-state index is 0.217. The zero-order valence-electron chi connectivity index (χ0n) is 15.0. The maximum Gasteiger partial charge on any atom is 0.234 e. The van der Waals surface area contributed by atoms with Gasteiger partial charge in [-0.3, -0.25) is 9.52 Å². The standard InChI is InChI=1S/C18H21ClN2O4S/c1-18(2,12-5-7-13(19)8-6-12)17(22)20-14-9-10-15(16(11-14)25-3)21-26(4,23)24/h5-11,21H,1-4H3,(H,20,22). The number of ether oxygens (including phenoxy) is 1. The molecule has 0 radical (unpaired) electrons. The minimum atomic E-state index is -3.44. The molecule has 0 bridgehead atoms. The Kier molecular flexibility index (Phi) is 5.83. The van der Waals surface area contributed by atoms with Crippen LogP contribution in [0.5, 0.6) is 5.75 Å². The van der Waals surface area contributed by atoms with Crippen LogP contribution in [0.15, 0.2) is 42.5 Å². The maximum absolute atomic E-state index is 12.7. The second-order valence-electron chi connectivity index (χ2n) is 6.38. The number of rotatable bonds is 6. The molecule has 0 saturated carbocycles. The van der Waals surface area contributed by atoms with Gasteiger partial charge in [0.15, 0.2) is 0 Å². The summed E-state index contributed by atoms with van der Waals surface area (Å²) in [6, 6.07) is 11.8. The van der Waals surface area contributed by atoms with Crippen molar-refractivity contribution in [3.05, 3.63) is 53.1 Å². The number of nitrogens with one attached hydrogen (secondary N) is 2. The van der Waals surface area contributed by atoms with Gasteiger partial charge in [-0.25, -0.2) is 8.42 Å². The van der Waals surface area contributed by atoms with Gasteiger partial charge >= 0.3 is 0 Å². The number of anilines is 2. The van der Waals surface area contributed by atoms with Crippen LogP contribution in [-0.4, -0.2) is 27.7 Å². The molecular weight excluding hydrogens is 376 g/mol. The average molecular weight is 397 g/mol. The van der Waals surface area contributed by atoms with Crippen LogP contribution in [-0.2, 0) is 20.2 Å². The number of carbonyl (C=O) groups is 1. The highest BCUT2D eigenvalue weighted by Crippen LogP contribution is 2.31. The summed E-state index contributed by atoms with van der Waals surface area (Å²) in [4.78, 5) is 12.7. The first-order valence-electron chi connectivity index (χ1n) is 7.76. The summed E-state index contributed by atoms with van der Waals surface area (Å²) in [5, 5.41) is 3.43. The van der Waals surface area contributed by atoms with Crippen molar-refractivity contribution in [1.82, 2.24) is 0 Å². The van der Waals surface area contributed by atoms with Gasteiger partial charge in [-0.1, -0.05) is 23.7 Å². The molecule has 0 aliphatic carbocycles. The fourth-order valence-corrected chi connectivity index (χ4v) is 3.03. The zero-order chi connectivity index (χ0) is 19.5. The van der Waals surface area contributed by atoms with Crippen molar-refractivity contribution in [2.75, 3.05) is 23.4 Å². The van der Waals surface area contributed by atoms with Gasteiger partial charge in [-0.05, 0) is 43.7 Å². The van der Waals surface area contributed by atoms with Crippen molar-refractivity contribution in [2.24, 2.45) is 0 Å². The van der Waals surface area contributed by atoms with Crippen molar-refractivity contribution in [1.29, 1.82) is 0 Å². The van der Waals surface area contributed by atoms with E-state index in [1.54, 1.807) is 24.3 Å². The molecule has 6 nitrogen and oxygen atoms in total. The third kappa shape index (κ3) is 4.89. The molecule has 0 aliphatic heterocycles. The molecule has 0 spiro atoms. The van der Waals surface area contributed by atoms with E-state index in [1.165, 1.54) is 13.2 Å². The van der Waals surface area contributed by atoms with E-state index in [1.807, 2.05) is 26.0 Å². The number of benzene rings is 2. The Bertz CT molecular complexity index is 909. The predicted molar refractivity (Wildman–Crippen MR) is 105 cm³/mol. The average Bonchev–Trinajstić information content (AvgIpc) is 2.55. The highest BCUT2D eigenvalue weighted by molar-refractivity contribution is 7.92. The lowest BCUT2D eigenvalue weighted by molar-refractivity contribution is -0.120. The Morgan fingerprint density at radius 2 is 1.73 bits per heavy atom. The lowest BCUT2D eigenvalue weighted by atomic mass is 9.83. The first-order chi connectivity index (χ1) is 12.0. The Labute approximate surface area is 158 Å². The molecule has 0 fully saturated rings. The van der Waals surface area contributed by atoms with Crippen LogP contribution in [0.4, 0.5) is 11.4 Å². The second kappa shape index (κ2) is 7.55. The SMILES string of the molecule is COc1cc(NC(=O)C(C)(C)c2ccc(Cl)cc2)ccc1NS(C)(=O)=O. The Hall–Kier alpha value is -2.25. The first-order valence-corrected chi connectivity index (χ1v) is 10.0. The van der Waals surface area contributed by atoms with Crippen molar-refractivity contribution >= 4 is 38.9 Å². The summed E-state index contributed by atoms with van der Waals surface area (Å²) in [5.74, 6) is 0.0863. The molecule has 0 atom stereocenters. The predicted octanol–water partition coefficient (Wildman–Crippen LogP) is 3.64. The molecule has 2 aromatic carbocycles. The fraction of sp³-hybridized carbons (Fsp3) is 0.278. The molecule has 0 saturated heterocycles. The molecule has 8 heteroatoms. The fourth-order valence-electron chi connectivity index (χ4n) is 2.34. The molecule has 2 N–H and O–H groups in total. The zero-order valence-corrected chi connectivity index (χ0v) is 16.5. The summed E-state index contributed by atoms with van der Waals surface area (Å²) in [7, 11) is -2.01. The van der Waals surface area contributed by atoms with Gasteiger partial charge in [-0.2, -0.15) is 0 Å². The normalized spacial score (nSPS) is 11.7. The number of hydrogen-bond donors (Lipinski definition) is 2. The third-order valence-electron chi connectivity index (χ3n) is 3.89. The summed E-state index contributed by atoms with van der Waals surface area (Å²) in [5.41, 5.74) is 0.821. The Morgan fingerprint density at radius 3 is 2.27 bits per heavy atom. The van der Waals surface area contributed by atoms with E-state index in [0.717, 1.165) is 11.8 Å². The van der Waals surface area contributed by atoms with Crippen LogP contribution >= 0.6 is 11.6 Å². The summed E-state index contributed by atoms with van der Waals surface area (Å²) in [6.07, 6.45) is 1.05. The van der Waals surface area contributed by atoms with Gasteiger partial charge in [-0.15, -0.1) is 0 Å². The van der Waals surface area contributed by atoms with Crippen molar-refractivity contribution in [2.45, 2.75) is 19.3 Å². The molecule has 26 heavy (non-hydrogen) atoms. The summed E-state index contributed by atoms with van der Waals surface area (Å²) >= 11 is 5.90. The van der Waals surface area contributed by atoms with E-state index in [9.17, 15) is 13.2 Å². The molecule has 2 aromatic rings. The second-order valence-corrected chi connectivity index (χ2v) is 8.56. The van der Waals surface area contributed by atoms with Crippen molar-refractivity contribution < 1.29 is 17.9 Å². The van der Waals surface area contributed by atoms with E-state index in [-0.39, 0.29) is 5.91 Å². The van der Waals surface area contributed by atoms with E-state index < -0.39 is 15.4 Å². The topological polar surface area (TPSA) is 84.5 Å². The van der Waals surface area contributed by atoms with Crippen molar-refractivity contribution in [3.8, 4) is 5.75 Å². The molecule has 0 aromatic heterocycles. The first kappa shape index (κ1) is 20.1. The molecule has 140 valence electrons. The molecule has 1 amide bonds. The molecule has 0 unspecified atom stereocenters. The van der Waals surface area contributed by atoms with Crippen LogP contribution in [0, 0.1) is 0 Å². The highest BCUT2D eigenvalue weighted by atomic mass is 35.5. The van der Waals surface area contributed by atoms with E-state index in [2.05, 4.69) is 10.0 Å². The minimum Gasteiger partial charge on any atom is -0.494 e. The highest BCUT2D eigenvalue weighted by Gasteiger charge is 2.30. The number of methoxy groups -OCH3 is 1. The van der Waals surface area contributed by atoms with E-state index in [0.29, 0.717) is 22.1 Å². The van der Waals surface area contributed by atoms with Gasteiger partial charge in [0, 0.05) is 16.8 Å². The summed E-state index contributed by atoms with van der Waals surface area (Å²) in [6.45, 7) is 3.62. The lowest BCUT2D eigenvalue weighted by Gasteiger charge is -2.24. The molecule has 2 rings (SSSR count). The number of carbonyl (C=O) groups excluding carboxylic acids is 1. The summed E-state index contributed by atoms with van der Waals surface area (Å²) < 4.78 is 30.4. The quantitative estimate of drug-likeness (QED) is 0.780. The monoisotopic (exact) mass is 396 g/mol. The van der Waals surface area contributed by atoms with Gasteiger partial charge in [0.2, 0.25) is 15.9 Å². The number of amides is 1. The van der Waals surface area contributed by atoms with Crippen LogP contribution < -0.4 is 14.8 Å². The Morgan fingerprint density at radius 1 is 1.12 bits per heavy atom. The van der Waals surface area contributed by atoms with Crippen LogP contribution in [0.2, 0.25) is 5.02 Å². The smallest absolute Gasteiger partial charge is 0.234 e. The molecule has 0 heterocycles. The number of hydrogen-bond acceptors (Lipinski definition) is 4. The number of halogens is 1. The van der Waals surface area contributed by atoms with Crippen LogP contribution in [0.25, 0.3) is 0 Å². The maximum atomic E-state index is 12.7. The van der Waals surface area contributed by atoms with Crippen LogP contribution in [0.3, 0.4) is 0 Å². The van der Waals surface area contributed by atoms with Gasteiger partial charge in [0.05, 0.1) is 24.5 Å². The largest absolute Gasteiger partial charge is 0.494 e. The lowest BCUT2D eigenvalue weighted by Crippen LogP contribution is -2.34. The molecular formula is C18H21ClN2O4S. The third-order valence-corrected chi connectivity index (χ3v) is 4.73. The van der Waals surface area contributed by atoms with E-state index in [4.69, 9.17) is 16.3 Å². The molecule has 0 aliphatic rings. The van der Waals surface area contributed by atoms with Crippen molar-refractivity contribution in [3.63, 3.8) is 0 Å².